The summed E-state index contributed by atoms with van der Waals surface area (Å²) in [6, 6.07) is 3.08. The van der Waals surface area contributed by atoms with Crippen LogP contribution in [0.1, 0.15) is 103 Å². The number of carbonyl (C=O) groups excluding carboxylic acids is 1. The SMILES string of the molecule is CCCCC=CC(=O)Oc1ccc(C23CCC(CCCCC)(CC2)CC3)c(F)c1F. The van der Waals surface area contributed by atoms with Gasteiger partial charge in [0.15, 0.2) is 11.6 Å². The molecule has 2 bridgehead atoms. The highest BCUT2D eigenvalue weighted by molar-refractivity contribution is 5.84. The summed E-state index contributed by atoms with van der Waals surface area (Å²) < 4.78 is 34.9. The molecule has 2 nitrogen and oxygen atoms in total. The lowest BCUT2D eigenvalue weighted by molar-refractivity contribution is -0.129. The molecule has 0 aromatic heterocycles. The van der Waals surface area contributed by atoms with Crippen molar-refractivity contribution in [2.75, 3.05) is 0 Å². The van der Waals surface area contributed by atoms with Crippen molar-refractivity contribution in [3.8, 4) is 5.75 Å². The molecule has 0 saturated heterocycles. The van der Waals surface area contributed by atoms with Crippen LogP contribution in [0, 0.1) is 17.0 Å². The number of ether oxygens (including phenoxy) is 1. The maximum atomic E-state index is 15.1. The van der Waals surface area contributed by atoms with Crippen LogP contribution in [0.5, 0.6) is 5.75 Å². The van der Waals surface area contributed by atoms with E-state index in [1.165, 1.54) is 37.8 Å². The van der Waals surface area contributed by atoms with Crippen molar-refractivity contribution in [2.24, 2.45) is 5.41 Å². The summed E-state index contributed by atoms with van der Waals surface area (Å²) in [7, 11) is 0. The molecule has 0 atom stereocenters. The topological polar surface area (TPSA) is 26.3 Å². The van der Waals surface area contributed by atoms with Gasteiger partial charge in [-0.25, -0.2) is 9.18 Å². The van der Waals surface area contributed by atoms with Crippen molar-refractivity contribution in [3.63, 3.8) is 0 Å². The molecule has 0 heterocycles. The summed E-state index contributed by atoms with van der Waals surface area (Å²) in [6.07, 6.45) is 16.9. The predicted octanol–water partition coefficient (Wildman–Crippen LogP) is 7.79. The van der Waals surface area contributed by atoms with E-state index in [1.807, 2.05) is 0 Å². The number of carbonyl (C=O) groups is 1. The zero-order valence-corrected chi connectivity index (χ0v) is 18.6. The van der Waals surface area contributed by atoms with Crippen LogP contribution in [0.3, 0.4) is 0 Å². The van der Waals surface area contributed by atoms with Gasteiger partial charge in [-0.3, -0.25) is 0 Å². The van der Waals surface area contributed by atoms with Gasteiger partial charge in [0.1, 0.15) is 0 Å². The van der Waals surface area contributed by atoms with E-state index < -0.39 is 17.6 Å². The monoisotopic (exact) mass is 418 g/mol. The van der Waals surface area contributed by atoms with Gasteiger partial charge in [-0.2, -0.15) is 4.39 Å². The Balaban J connectivity index is 1.68. The molecule has 3 saturated carbocycles. The maximum Gasteiger partial charge on any atom is 0.335 e. The van der Waals surface area contributed by atoms with Gasteiger partial charge >= 0.3 is 5.97 Å². The third kappa shape index (κ3) is 4.95. The lowest BCUT2D eigenvalue weighted by Crippen LogP contribution is -2.44. The van der Waals surface area contributed by atoms with E-state index in [1.54, 1.807) is 12.1 Å². The van der Waals surface area contributed by atoms with E-state index in [-0.39, 0.29) is 11.2 Å². The minimum absolute atomic E-state index is 0.264. The summed E-state index contributed by atoms with van der Waals surface area (Å²) in [5.41, 5.74) is 0.631. The van der Waals surface area contributed by atoms with Gasteiger partial charge in [0.2, 0.25) is 5.82 Å². The predicted molar refractivity (Wildman–Crippen MR) is 117 cm³/mol. The Labute approximate surface area is 180 Å². The molecule has 0 aliphatic heterocycles. The van der Waals surface area contributed by atoms with Crippen molar-refractivity contribution < 1.29 is 18.3 Å². The molecule has 0 N–H and O–H groups in total. The van der Waals surface area contributed by atoms with Gasteiger partial charge in [-0.15, -0.1) is 0 Å². The Morgan fingerprint density at radius 2 is 1.63 bits per heavy atom. The number of rotatable bonds is 10. The van der Waals surface area contributed by atoms with Gasteiger partial charge in [-0.05, 0) is 73.8 Å². The molecule has 0 unspecified atom stereocenters. The first-order valence-corrected chi connectivity index (χ1v) is 11.8. The molecule has 1 aromatic carbocycles. The fraction of sp³-hybridized carbons (Fsp3) is 0.654. The molecule has 1 aromatic rings. The molecular weight excluding hydrogens is 382 g/mol. The molecule has 4 rings (SSSR count). The van der Waals surface area contributed by atoms with Gasteiger partial charge in [-0.1, -0.05) is 58.1 Å². The number of hydrogen-bond acceptors (Lipinski definition) is 2. The van der Waals surface area contributed by atoms with E-state index in [0.29, 0.717) is 11.0 Å². The Bertz CT molecular complexity index is 744. The maximum absolute atomic E-state index is 15.1. The first-order chi connectivity index (χ1) is 14.5. The van der Waals surface area contributed by atoms with E-state index >= 15 is 4.39 Å². The van der Waals surface area contributed by atoms with Crippen LogP contribution in [-0.4, -0.2) is 5.97 Å². The number of benzene rings is 1. The second kappa shape index (κ2) is 10.1. The van der Waals surface area contributed by atoms with E-state index in [2.05, 4.69) is 13.8 Å². The lowest BCUT2D eigenvalue weighted by Gasteiger charge is -2.54. The second-order valence-corrected chi connectivity index (χ2v) is 9.44. The van der Waals surface area contributed by atoms with Crippen LogP contribution in [0.4, 0.5) is 8.78 Å². The Hall–Kier alpha value is -1.71. The number of fused-ring (bicyclic) bond motifs is 3. The Morgan fingerprint density at radius 3 is 2.27 bits per heavy atom. The molecule has 3 aliphatic rings. The highest BCUT2D eigenvalue weighted by Gasteiger charge is 2.50. The highest BCUT2D eigenvalue weighted by Crippen LogP contribution is 2.60. The molecule has 4 heteroatoms. The summed E-state index contributed by atoms with van der Waals surface area (Å²) in [5.74, 6) is -2.86. The molecule has 0 radical (unpaired) electrons. The van der Waals surface area contributed by atoms with Crippen LogP contribution in [0.25, 0.3) is 0 Å². The minimum Gasteiger partial charge on any atom is -0.420 e. The molecule has 30 heavy (non-hydrogen) atoms. The molecule has 166 valence electrons. The third-order valence-corrected chi connectivity index (χ3v) is 7.52. The quantitative estimate of drug-likeness (QED) is 0.168. The van der Waals surface area contributed by atoms with Gasteiger partial charge in [0.25, 0.3) is 0 Å². The number of allylic oxidation sites excluding steroid dienone is 1. The lowest BCUT2D eigenvalue weighted by atomic mass is 9.51. The Kier molecular flexibility index (Phi) is 7.70. The van der Waals surface area contributed by atoms with Gasteiger partial charge in [0.05, 0.1) is 0 Å². The summed E-state index contributed by atoms with van der Waals surface area (Å²) >= 11 is 0. The average molecular weight is 419 g/mol. The normalized spacial score (nSPS) is 25.7. The van der Waals surface area contributed by atoms with Crippen LogP contribution in [0.15, 0.2) is 24.3 Å². The number of hydrogen-bond donors (Lipinski definition) is 0. The third-order valence-electron chi connectivity index (χ3n) is 7.52. The van der Waals surface area contributed by atoms with Crippen molar-refractivity contribution in [1.82, 2.24) is 0 Å². The zero-order chi connectivity index (χ0) is 21.6. The van der Waals surface area contributed by atoms with E-state index in [9.17, 15) is 9.18 Å². The highest BCUT2D eigenvalue weighted by atomic mass is 19.2. The van der Waals surface area contributed by atoms with Gasteiger partial charge in [0, 0.05) is 6.08 Å². The Morgan fingerprint density at radius 1 is 0.967 bits per heavy atom. The fourth-order valence-electron chi connectivity index (χ4n) is 5.46. The van der Waals surface area contributed by atoms with Crippen LogP contribution in [0.2, 0.25) is 0 Å². The van der Waals surface area contributed by atoms with Crippen molar-refractivity contribution in [1.29, 1.82) is 0 Å². The first kappa shape index (κ1) is 23.0. The van der Waals surface area contributed by atoms with Crippen LogP contribution < -0.4 is 4.74 Å². The van der Waals surface area contributed by atoms with E-state index in [4.69, 9.17) is 4.74 Å². The van der Waals surface area contributed by atoms with Crippen molar-refractivity contribution in [3.05, 3.63) is 41.5 Å². The van der Waals surface area contributed by atoms with Crippen molar-refractivity contribution >= 4 is 5.97 Å². The molecular formula is C26H36F2O2. The molecule has 3 fully saturated rings. The summed E-state index contributed by atoms with van der Waals surface area (Å²) in [5, 5.41) is 0. The zero-order valence-electron chi connectivity index (χ0n) is 18.6. The largest absolute Gasteiger partial charge is 0.420 e. The minimum atomic E-state index is -1.04. The van der Waals surface area contributed by atoms with Crippen LogP contribution in [-0.2, 0) is 10.2 Å². The van der Waals surface area contributed by atoms with Crippen molar-refractivity contribution in [2.45, 2.75) is 103 Å². The smallest absolute Gasteiger partial charge is 0.335 e. The molecule has 0 spiro atoms. The summed E-state index contributed by atoms with van der Waals surface area (Å²) in [4.78, 5) is 11.9. The average Bonchev–Trinajstić information content (AvgIpc) is 2.76. The fourth-order valence-corrected chi connectivity index (χ4v) is 5.46. The van der Waals surface area contributed by atoms with E-state index in [0.717, 1.165) is 57.8 Å². The van der Waals surface area contributed by atoms with Crippen LogP contribution >= 0.6 is 0 Å². The second-order valence-electron chi connectivity index (χ2n) is 9.44. The molecule has 0 amide bonds. The molecule has 3 aliphatic carbocycles. The number of unbranched alkanes of at least 4 members (excludes halogenated alkanes) is 4. The number of halogens is 2. The van der Waals surface area contributed by atoms with Gasteiger partial charge < -0.3 is 4.74 Å². The number of esters is 1. The first-order valence-electron chi connectivity index (χ1n) is 11.8. The summed E-state index contributed by atoms with van der Waals surface area (Å²) in [6.45, 7) is 4.29. The standard InChI is InChI=1S/C26H36F2O2/c1-3-5-7-8-10-22(29)30-21-12-11-20(23(27)24(21)28)26-17-14-25(15-18-26,16-19-26)13-9-6-4-2/h8,10-12H,3-7,9,13-19H2,1-2H3.